The van der Waals surface area contributed by atoms with Gasteiger partial charge in [0.1, 0.15) is 0 Å². The molecule has 2 N–H and O–H groups in total. The number of urea groups is 1. The summed E-state index contributed by atoms with van der Waals surface area (Å²) >= 11 is 0. The van der Waals surface area contributed by atoms with Crippen LogP contribution in [0.2, 0.25) is 0 Å². The Morgan fingerprint density at radius 1 is 1.37 bits per heavy atom. The second-order valence-electron chi connectivity index (χ2n) is 5.83. The van der Waals surface area contributed by atoms with Gasteiger partial charge in [0.05, 0.1) is 11.8 Å². The minimum absolute atomic E-state index is 0.142. The van der Waals surface area contributed by atoms with E-state index in [1.165, 1.54) is 18.3 Å². The molecule has 0 radical (unpaired) electrons. The van der Waals surface area contributed by atoms with Crippen molar-refractivity contribution >= 4 is 12.0 Å². The average Bonchev–Trinajstić information content (AvgIpc) is 3.04. The number of likely N-dealkylation sites (tertiary alicyclic amines) is 1. The van der Waals surface area contributed by atoms with Gasteiger partial charge in [0.15, 0.2) is 6.61 Å². The van der Waals surface area contributed by atoms with Crippen LogP contribution in [0.1, 0.15) is 5.56 Å². The van der Waals surface area contributed by atoms with Crippen molar-refractivity contribution in [3.63, 3.8) is 0 Å². The average molecular weight is 397 g/mol. The number of aromatic nitrogens is 1. The smallest absolute Gasteiger partial charge is 0.394 e. The second-order valence-corrected chi connectivity index (χ2v) is 5.83. The quantitative estimate of drug-likeness (QED) is 0.718. The fourth-order valence-corrected chi connectivity index (χ4v) is 2.66. The van der Waals surface area contributed by atoms with Gasteiger partial charge >= 0.3 is 18.2 Å². The Bertz CT molecular complexity index is 686. The zero-order valence-electron chi connectivity index (χ0n) is 13.7. The van der Waals surface area contributed by atoms with Crippen LogP contribution in [0.4, 0.5) is 26.7 Å². The summed E-state index contributed by atoms with van der Waals surface area (Å²) in [6, 6.07) is 2.00. The number of aliphatic carboxylic acids is 1. The van der Waals surface area contributed by atoms with Crippen molar-refractivity contribution in [3.8, 4) is 5.88 Å². The summed E-state index contributed by atoms with van der Waals surface area (Å²) in [6.07, 6.45) is -6.19. The molecule has 1 saturated heterocycles. The summed E-state index contributed by atoms with van der Waals surface area (Å²) in [4.78, 5) is 27.7. The molecule has 0 aromatic carbocycles. The molecule has 1 aromatic rings. The monoisotopic (exact) mass is 397 g/mol. The number of rotatable bonds is 6. The first kappa shape index (κ1) is 20.6. The van der Waals surface area contributed by atoms with Crippen LogP contribution in [0.15, 0.2) is 18.3 Å². The fraction of sp³-hybridized carbons (Fsp3) is 0.533. The molecule has 0 spiro atoms. The molecular formula is C15H16F5N3O4. The van der Waals surface area contributed by atoms with E-state index in [1.807, 2.05) is 0 Å². The van der Waals surface area contributed by atoms with Crippen molar-refractivity contribution in [2.24, 2.45) is 11.8 Å². The third-order valence-corrected chi connectivity index (χ3v) is 3.97. The summed E-state index contributed by atoms with van der Waals surface area (Å²) in [6.45, 7) is -2.52. The summed E-state index contributed by atoms with van der Waals surface area (Å²) < 4.78 is 68.1. The normalized spacial score (nSPS) is 20.0. The molecule has 0 unspecified atom stereocenters. The van der Waals surface area contributed by atoms with E-state index in [9.17, 15) is 31.5 Å². The molecule has 27 heavy (non-hydrogen) atoms. The number of halogens is 5. The van der Waals surface area contributed by atoms with Crippen LogP contribution in [-0.2, 0) is 11.3 Å². The molecule has 2 atom stereocenters. The number of nitrogens with zero attached hydrogens (tertiary/aromatic N) is 2. The number of carboxylic acids is 1. The maximum Gasteiger partial charge on any atom is 0.394 e. The SMILES string of the molecule is O=C(O)[C@@H]1CN(C(=O)NCc2cccnc2OCC(F)F)C[C@H]1C(F)(F)F. The number of amides is 2. The van der Waals surface area contributed by atoms with Crippen LogP contribution in [0.3, 0.4) is 0 Å². The van der Waals surface area contributed by atoms with Crippen molar-refractivity contribution < 1.29 is 41.4 Å². The van der Waals surface area contributed by atoms with Gasteiger partial charge in [-0.1, -0.05) is 6.07 Å². The van der Waals surface area contributed by atoms with Gasteiger partial charge in [-0.2, -0.15) is 13.2 Å². The van der Waals surface area contributed by atoms with Crippen molar-refractivity contribution in [2.45, 2.75) is 19.1 Å². The number of carbonyl (C=O) groups is 2. The number of ether oxygens (including phenoxy) is 1. The molecule has 2 heterocycles. The summed E-state index contributed by atoms with van der Waals surface area (Å²) in [5.41, 5.74) is 0.243. The molecule has 150 valence electrons. The van der Waals surface area contributed by atoms with Gasteiger partial charge in [0.2, 0.25) is 5.88 Å². The number of hydrogen-bond acceptors (Lipinski definition) is 4. The van der Waals surface area contributed by atoms with E-state index >= 15 is 0 Å². The van der Waals surface area contributed by atoms with E-state index in [-0.39, 0.29) is 18.0 Å². The van der Waals surface area contributed by atoms with E-state index in [4.69, 9.17) is 9.84 Å². The molecule has 1 aliphatic rings. The van der Waals surface area contributed by atoms with Crippen LogP contribution in [0.25, 0.3) is 0 Å². The van der Waals surface area contributed by atoms with E-state index in [2.05, 4.69) is 10.3 Å². The van der Waals surface area contributed by atoms with Crippen molar-refractivity contribution in [1.82, 2.24) is 15.2 Å². The van der Waals surface area contributed by atoms with E-state index in [0.717, 1.165) is 4.90 Å². The minimum atomic E-state index is -4.75. The maximum atomic E-state index is 13.0. The molecule has 0 saturated carbocycles. The Morgan fingerprint density at radius 3 is 2.63 bits per heavy atom. The second kappa shape index (κ2) is 8.35. The number of pyridine rings is 1. The number of nitrogens with one attached hydrogen (secondary N) is 1. The van der Waals surface area contributed by atoms with Gasteiger partial charge in [-0.15, -0.1) is 0 Å². The molecule has 1 aromatic heterocycles. The minimum Gasteiger partial charge on any atom is -0.481 e. The zero-order chi connectivity index (χ0) is 20.2. The lowest BCUT2D eigenvalue weighted by Gasteiger charge is -2.19. The van der Waals surface area contributed by atoms with Gasteiger partial charge in [-0.25, -0.2) is 18.6 Å². The highest BCUT2D eigenvalue weighted by Crippen LogP contribution is 2.37. The lowest BCUT2D eigenvalue weighted by molar-refractivity contribution is -0.187. The summed E-state index contributed by atoms with van der Waals surface area (Å²) in [7, 11) is 0. The summed E-state index contributed by atoms with van der Waals surface area (Å²) in [5, 5.41) is 11.3. The third-order valence-electron chi connectivity index (χ3n) is 3.97. The van der Waals surface area contributed by atoms with Gasteiger partial charge < -0.3 is 20.1 Å². The van der Waals surface area contributed by atoms with Gasteiger partial charge in [0, 0.05) is 31.4 Å². The molecule has 0 aliphatic carbocycles. The Hall–Kier alpha value is -2.66. The van der Waals surface area contributed by atoms with Crippen molar-refractivity contribution in [3.05, 3.63) is 23.9 Å². The van der Waals surface area contributed by atoms with Gasteiger partial charge in [-0.05, 0) is 6.07 Å². The van der Waals surface area contributed by atoms with Crippen LogP contribution < -0.4 is 10.1 Å². The number of carboxylic acid groups (broad SMARTS) is 1. The molecule has 12 heteroatoms. The van der Waals surface area contributed by atoms with E-state index in [1.54, 1.807) is 0 Å². The first-order valence-corrected chi connectivity index (χ1v) is 7.76. The first-order valence-electron chi connectivity index (χ1n) is 7.76. The molecule has 2 rings (SSSR count). The summed E-state index contributed by atoms with van der Waals surface area (Å²) in [5.74, 6) is -5.69. The first-order chi connectivity index (χ1) is 12.6. The molecule has 2 amide bonds. The Morgan fingerprint density at radius 2 is 2.07 bits per heavy atom. The van der Waals surface area contributed by atoms with Crippen LogP contribution in [0, 0.1) is 11.8 Å². The van der Waals surface area contributed by atoms with E-state index < -0.39 is 56.1 Å². The maximum absolute atomic E-state index is 13.0. The van der Waals surface area contributed by atoms with E-state index in [0.29, 0.717) is 0 Å². The molecule has 1 aliphatic heterocycles. The number of alkyl halides is 5. The highest BCUT2D eigenvalue weighted by molar-refractivity contribution is 5.77. The van der Waals surface area contributed by atoms with Crippen molar-refractivity contribution in [1.29, 1.82) is 0 Å². The van der Waals surface area contributed by atoms with Crippen LogP contribution >= 0.6 is 0 Å². The third kappa shape index (κ3) is 5.41. The molecule has 1 fully saturated rings. The predicted octanol–water partition coefficient (Wildman–Crippen LogP) is 2.13. The fourth-order valence-electron chi connectivity index (χ4n) is 2.66. The Kier molecular flexibility index (Phi) is 6.39. The predicted molar refractivity (Wildman–Crippen MR) is 80.2 cm³/mol. The lowest BCUT2D eigenvalue weighted by Crippen LogP contribution is -2.39. The van der Waals surface area contributed by atoms with Crippen LogP contribution in [0.5, 0.6) is 5.88 Å². The molecular weight excluding hydrogens is 381 g/mol. The Labute approximate surface area is 150 Å². The number of carbonyl (C=O) groups excluding carboxylic acids is 1. The molecule has 0 bridgehead atoms. The van der Waals surface area contributed by atoms with Crippen LogP contribution in [-0.4, -0.2) is 59.3 Å². The standard InChI is InChI=1S/C15H16F5N3O4/c16-11(17)7-27-12-8(2-1-3-21-12)4-22-14(26)23-5-9(13(24)25)10(6-23)15(18,19)20/h1-3,9-11H,4-7H2,(H,22,26)(H,24,25)/t9-,10-/m1/s1. The lowest BCUT2D eigenvalue weighted by atomic mass is 9.96. The molecule has 7 nitrogen and oxygen atoms in total. The van der Waals surface area contributed by atoms with Gasteiger partial charge in [-0.3, -0.25) is 4.79 Å². The highest BCUT2D eigenvalue weighted by atomic mass is 19.4. The number of hydrogen-bond donors (Lipinski definition) is 2. The highest BCUT2D eigenvalue weighted by Gasteiger charge is 2.53. The largest absolute Gasteiger partial charge is 0.481 e. The van der Waals surface area contributed by atoms with Crippen molar-refractivity contribution in [2.75, 3.05) is 19.7 Å². The Balaban J connectivity index is 1.99. The zero-order valence-corrected chi connectivity index (χ0v) is 13.7. The topological polar surface area (TPSA) is 91.8 Å². The van der Waals surface area contributed by atoms with Gasteiger partial charge in [0.25, 0.3) is 6.43 Å².